The highest BCUT2D eigenvalue weighted by Crippen LogP contribution is 2.19. The standard InChI is InChI=1S/C16H25N5O2/c1-12(22)20-8-9-21(14(11-20)16(23)19(3)4)10-13-6-5-7-18-15(13)17-2/h5-7,14H,8-11H2,1-4H3,(H,17,18). The van der Waals surface area contributed by atoms with Crippen molar-refractivity contribution in [3.63, 3.8) is 0 Å². The monoisotopic (exact) mass is 319 g/mol. The van der Waals surface area contributed by atoms with Crippen LogP contribution in [0.2, 0.25) is 0 Å². The first-order valence-electron chi connectivity index (χ1n) is 7.76. The van der Waals surface area contributed by atoms with Crippen molar-refractivity contribution >= 4 is 17.6 Å². The van der Waals surface area contributed by atoms with Crippen LogP contribution < -0.4 is 5.32 Å². The fourth-order valence-corrected chi connectivity index (χ4v) is 2.84. The molecule has 0 aromatic carbocycles. The lowest BCUT2D eigenvalue weighted by atomic mass is 10.1. The van der Waals surface area contributed by atoms with Gasteiger partial charge in [-0.05, 0) is 6.07 Å². The Morgan fingerprint density at radius 2 is 2.13 bits per heavy atom. The number of nitrogens with zero attached hydrogens (tertiary/aromatic N) is 4. The Bertz CT molecular complexity index is 575. The Labute approximate surface area is 137 Å². The second kappa shape index (κ2) is 7.41. The number of rotatable bonds is 4. The summed E-state index contributed by atoms with van der Waals surface area (Å²) in [4.78, 5) is 34.0. The third-order valence-corrected chi connectivity index (χ3v) is 4.16. The number of piperazine rings is 1. The van der Waals surface area contributed by atoms with E-state index in [1.807, 2.05) is 19.2 Å². The molecule has 1 aliphatic rings. The van der Waals surface area contributed by atoms with E-state index in [2.05, 4.69) is 15.2 Å². The first kappa shape index (κ1) is 17.2. The summed E-state index contributed by atoms with van der Waals surface area (Å²) in [6.45, 7) is 3.91. The molecule has 1 saturated heterocycles. The van der Waals surface area contributed by atoms with E-state index in [1.54, 1.807) is 37.0 Å². The second-order valence-corrected chi connectivity index (χ2v) is 5.95. The minimum atomic E-state index is -0.326. The maximum atomic E-state index is 12.5. The number of carbonyl (C=O) groups excluding carboxylic acids is 2. The Morgan fingerprint density at radius 1 is 1.39 bits per heavy atom. The van der Waals surface area contributed by atoms with Gasteiger partial charge in [0.25, 0.3) is 0 Å². The lowest BCUT2D eigenvalue weighted by Gasteiger charge is -2.41. The van der Waals surface area contributed by atoms with Crippen LogP contribution in [0.3, 0.4) is 0 Å². The van der Waals surface area contributed by atoms with Gasteiger partial charge in [0.15, 0.2) is 0 Å². The minimum absolute atomic E-state index is 0.0125. The molecule has 2 rings (SSSR count). The van der Waals surface area contributed by atoms with Crippen molar-refractivity contribution in [1.82, 2.24) is 19.7 Å². The summed E-state index contributed by atoms with van der Waals surface area (Å²) in [6.07, 6.45) is 1.74. The number of amides is 2. The first-order chi connectivity index (χ1) is 10.9. The molecule has 1 aromatic rings. The van der Waals surface area contributed by atoms with Gasteiger partial charge in [0.05, 0.1) is 0 Å². The van der Waals surface area contributed by atoms with E-state index >= 15 is 0 Å². The zero-order chi connectivity index (χ0) is 17.0. The van der Waals surface area contributed by atoms with Crippen molar-refractivity contribution < 1.29 is 9.59 Å². The summed E-state index contributed by atoms with van der Waals surface area (Å²) in [6, 6.07) is 3.57. The molecule has 7 nitrogen and oxygen atoms in total. The van der Waals surface area contributed by atoms with Crippen molar-refractivity contribution in [3.05, 3.63) is 23.9 Å². The van der Waals surface area contributed by atoms with Crippen molar-refractivity contribution in [3.8, 4) is 0 Å². The lowest BCUT2D eigenvalue weighted by molar-refractivity contribution is -0.141. The van der Waals surface area contributed by atoms with Crippen LogP contribution in [0, 0.1) is 0 Å². The Morgan fingerprint density at radius 3 is 2.74 bits per heavy atom. The van der Waals surface area contributed by atoms with Crippen LogP contribution in [0.5, 0.6) is 0 Å². The summed E-state index contributed by atoms with van der Waals surface area (Å²) >= 11 is 0. The van der Waals surface area contributed by atoms with Gasteiger partial charge in [0.2, 0.25) is 11.8 Å². The van der Waals surface area contributed by atoms with Crippen molar-refractivity contribution in [2.45, 2.75) is 19.5 Å². The Kier molecular flexibility index (Phi) is 5.54. The third kappa shape index (κ3) is 3.98. The number of pyridine rings is 1. The highest BCUT2D eigenvalue weighted by molar-refractivity contribution is 5.83. The molecule has 1 atom stereocenters. The Balaban J connectivity index is 2.21. The number of nitrogens with one attached hydrogen (secondary N) is 1. The van der Waals surface area contributed by atoms with Gasteiger partial charge in [-0.3, -0.25) is 14.5 Å². The van der Waals surface area contributed by atoms with Crippen LogP contribution in [0.25, 0.3) is 0 Å². The third-order valence-electron chi connectivity index (χ3n) is 4.16. The molecule has 126 valence electrons. The minimum Gasteiger partial charge on any atom is -0.373 e. The zero-order valence-corrected chi connectivity index (χ0v) is 14.2. The number of anilines is 1. The zero-order valence-electron chi connectivity index (χ0n) is 14.2. The van der Waals surface area contributed by atoms with E-state index in [0.717, 1.165) is 11.4 Å². The molecule has 23 heavy (non-hydrogen) atoms. The molecule has 0 radical (unpaired) electrons. The number of aromatic nitrogens is 1. The number of hydrogen-bond donors (Lipinski definition) is 1. The molecule has 0 aliphatic carbocycles. The number of hydrogen-bond acceptors (Lipinski definition) is 5. The first-order valence-corrected chi connectivity index (χ1v) is 7.76. The van der Waals surface area contributed by atoms with Gasteiger partial charge in [0, 0.05) is 66.0 Å². The molecule has 0 bridgehead atoms. The fourth-order valence-electron chi connectivity index (χ4n) is 2.84. The molecule has 2 heterocycles. The van der Waals surface area contributed by atoms with Crippen molar-refractivity contribution in [2.24, 2.45) is 0 Å². The average molecular weight is 319 g/mol. The molecule has 1 aliphatic heterocycles. The van der Waals surface area contributed by atoms with E-state index in [4.69, 9.17) is 0 Å². The molecular formula is C16H25N5O2. The van der Waals surface area contributed by atoms with Crippen molar-refractivity contribution in [1.29, 1.82) is 0 Å². The van der Waals surface area contributed by atoms with E-state index in [1.165, 1.54) is 0 Å². The van der Waals surface area contributed by atoms with Gasteiger partial charge in [0.1, 0.15) is 11.9 Å². The second-order valence-electron chi connectivity index (χ2n) is 5.95. The predicted molar refractivity (Wildman–Crippen MR) is 88.9 cm³/mol. The van der Waals surface area contributed by atoms with E-state index < -0.39 is 0 Å². The quantitative estimate of drug-likeness (QED) is 0.861. The van der Waals surface area contributed by atoms with Crippen LogP contribution >= 0.6 is 0 Å². The molecule has 1 aromatic heterocycles. The lowest BCUT2D eigenvalue weighted by Crippen LogP contribution is -2.59. The maximum Gasteiger partial charge on any atom is 0.241 e. The largest absolute Gasteiger partial charge is 0.373 e. The topological polar surface area (TPSA) is 68.8 Å². The molecule has 0 saturated carbocycles. The molecular weight excluding hydrogens is 294 g/mol. The highest BCUT2D eigenvalue weighted by atomic mass is 16.2. The summed E-state index contributed by atoms with van der Waals surface area (Å²) in [5.74, 6) is 0.849. The van der Waals surface area contributed by atoms with Crippen LogP contribution in [0.15, 0.2) is 18.3 Å². The summed E-state index contributed by atoms with van der Waals surface area (Å²) in [5.41, 5.74) is 1.04. The molecule has 1 N–H and O–H groups in total. The number of likely N-dealkylation sites (N-methyl/N-ethyl adjacent to an activating group) is 1. The average Bonchev–Trinajstić information content (AvgIpc) is 2.54. The molecule has 0 spiro atoms. The predicted octanol–water partition coefficient (Wildman–Crippen LogP) is 0.244. The van der Waals surface area contributed by atoms with Gasteiger partial charge in [-0.1, -0.05) is 6.07 Å². The van der Waals surface area contributed by atoms with Crippen LogP contribution in [-0.2, 0) is 16.1 Å². The molecule has 1 unspecified atom stereocenters. The molecule has 1 fully saturated rings. The summed E-state index contributed by atoms with van der Waals surface area (Å²) < 4.78 is 0. The molecule has 2 amide bonds. The normalized spacial score (nSPS) is 18.6. The van der Waals surface area contributed by atoms with E-state index in [0.29, 0.717) is 26.2 Å². The van der Waals surface area contributed by atoms with Crippen LogP contribution in [-0.4, -0.2) is 78.3 Å². The summed E-state index contributed by atoms with van der Waals surface area (Å²) in [5, 5.41) is 3.08. The van der Waals surface area contributed by atoms with Gasteiger partial charge < -0.3 is 15.1 Å². The molecule has 7 heteroatoms. The van der Waals surface area contributed by atoms with Gasteiger partial charge in [-0.15, -0.1) is 0 Å². The van der Waals surface area contributed by atoms with Crippen LogP contribution in [0.4, 0.5) is 5.82 Å². The van der Waals surface area contributed by atoms with Crippen LogP contribution in [0.1, 0.15) is 12.5 Å². The smallest absolute Gasteiger partial charge is 0.241 e. The SMILES string of the molecule is CNc1ncccc1CN1CCN(C(C)=O)CC1C(=O)N(C)C. The fraction of sp³-hybridized carbons (Fsp3) is 0.562. The van der Waals surface area contributed by atoms with Gasteiger partial charge >= 0.3 is 0 Å². The highest BCUT2D eigenvalue weighted by Gasteiger charge is 2.34. The Hall–Kier alpha value is -2.15. The van der Waals surface area contributed by atoms with Gasteiger partial charge in [-0.25, -0.2) is 4.98 Å². The van der Waals surface area contributed by atoms with Gasteiger partial charge in [-0.2, -0.15) is 0 Å². The van der Waals surface area contributed by atoms with Crippen molar-refractivity contribution in [2.75, 3.05) is 46.1 Å². The van der Waals surface area contributed by atoms with E-state index in [-0.39, 0.29) is 17.9 Å². The maximum absolute atomic E-state index is 12.5. The number of carbonyl (C=O) groups is 2. The summed E-state index contributed by atoms with van der Waals surface area (Å²) in [7, 11) is 5.33. The van der Waals surface area contributed by atoms with E-state index in [9.17, 15) is 9.59 Å².